The van der Waals surface area contributed by atoms with Crippen LogP contribution in [0.15, 0.2) is 18.2 Å². The van der Waals surface area contributed by atoms with Crippen LogP contribution in [0.25, 0.3) is 0 Å². The van der Waals surface area contributed by atoms with Crippen molar-refractivity contribution in [2.45, 2.75) is 59.0 Å². The normalized spacial score (nSPS) is 16.0. The Balaban J connectivity index is 2.13. The first-order valence-electron chi connectivity index (χ1n) is 8.29. The van der Waals surface area contributed by atoms with E-state index in [1.807, 2.05) is 25.1 Å². The van der Waals surface area contributed by atoms with Crippen molar-refractivity contribution in [3.63, 3.8) is 0 Å². The quantitative estimate of drug-likeness (QED) is 0.817. The zero-order valence-electron chi connectivity index (χ0n) is 13.6. The number of hydrogen-bond acceptors (Lipinski definition) is 3. The molecule has 2 rings (SSSR count). The second kappa shape index (κ2) is 7.69. The second-order valence-corrected chi connectivity index (χ2v) is 6.46. The summed E-state index contributed by atoms with van der Waals surface area (Å²) in [6, 6.07) is 6.50. The summed E-state index contributed by atoms with van der Waals surface area (Å²) in [5, 5.41) is 10.4. The Bertz CT molecular complexity index is 439. The predicted molar refractivity (Wildman–Crippen MR) is 86.8 cm³/mol. The molecule has 0 amide bonds. The van der Waals surface area contributed by atoms with Crippen molar-refractivity contribution in [3.8, 4) is 11.5 Å². The molecule has 0 unspecified atom stereocenters. The minimum atomic E-state index is 0.311. The molecule has 0 bridgehead atoms. The predicted octanol–water partition coefficient (Wildman–Crippen LogP) is 4.19. The van der Waals surface area contributed by atoms with E-state index < -0.39 is 0 Å². The number of hydrogen-bond donors (Lipinski definition) is 1. The molecule has 118 valence electrons. The number of phenolic OH excluding ortho intramolecular Hbond substituents is 1. The van der Waals surface area contributed by atoms with Crippen LogP contribution < -0.4 is 4.74 Å². The minimum absolute atomic E-state index is 0.311. The second-order valence-electron chi connectivity index (χ2n) is 6.46. The highest BCUT2D eigenvalue weighted by atomic mass is 16.5. The molecule has 3 heteroatoms. The fourth-order valence-electron chi connectivity index (χ4n) is 3.27. The van der Waals surface area contributed by atoms with E-state index in [2.05, 4.69) is 18.7 Å². The Labute approximate surface area is 128 Å². The van der Waals surface area contributed by atoms with Crippen LogP contribution in [-0.4, -0.2) is 29.2 Å². The van der Waals surface area contributed by atoms with Gasteiger partial charge < -0.3 is 9.84 Å². The summed E-state index contributed by atoms with van der Waals surface area (Å²) in [5.41, 5.74) is 0.980. The molecule has 3 nitrogen and oxygen atoms in total. The van der Waals surface area contributed by atoms with Gasteiger partial charge in [0.25, 0.3) is 0 Å². The number of aromatic hydroxyl groups is 1. The van der Waals surface area contributed by atoms with Crippen LogP contribution in [0.5, 0.6) is 11.5 Å². The zero-order valence-corrected chi connectivity index (χ0v) is 13.6. The summed E-state index contributed by atoms with van der Waals surface area (Å²) < 4.78 is 5.50. The van der Waals surface area contributed by atoms with E-state index in [0.717, 1.165) is 18.7 Å². The van der Waals surface area contributed by atoms with Gasteiger partial charge in [0.1, 0.15) is 0 Å². The summed E-state index contributed by atoms with van der Waals surface area (Å²) in [6.07, 6.45) is 5.26. The molecule has 0 heterocycles. The third-order valence-corrected chi connectivity index (χ3v) is 4.20. The Hall–Kier alpha value is -1.22. The number of para-hydroxylation sites is 1. The fourth-order valence-corrected chi connectivity index (χ4v) is 3.27. The third-order valence-electron chi connectivity index (χ3n) is 4.20. The molecule has 0 spiro atoms. The molecule has 1 saturated carbocycles. The average molecular weight is 291 g/mol. The molecular formula is C18H29NO2. The van der Waals surface area contributed by atoms with Crippen LogP contribution in [0.2, 0.25) is 0 Å². The first-order chi connectivity index (χ1) is 10.1. The van der Waals surface area contributed by atoms with Gasteiger partial charge in [-0.15, -0.1) is 0 Å². The molecule has 1 aromatic carbocycles. The fraction of sp³-hybridized carbons (Fsp3) is 0.667. The molecule has 1 fully saturated rings. The average Bonchev–Trinajstić information content (AvgIpc) is 2.96. The lowest BCUT2D eigenvalue weighted by Crippen LogP contribution is -2.35. The van der Waals surface area contributed by atoms with Gasteiger partial charge in [-0.2, -0.15) is 0 Å². The Kier molecular flexibility index (Phi) is 5.92. The lowest BCUT2D eigenvalue weighted by molar-refractivity contribution is 0.166. The van der Waals surface area contributed by atoms with Crippen LogP contribution >= 0.6 is 0 Å². The van der Waals surface area contributed by atoms with Crippen molar-refractivity contribution in [1.29, 1.82) is 0 Å². The van der Waals surface area contributed by atoms with E-state index >= 15 is 0 Å². The Morgan fingerprint density at radius 1 is 1.29 bits per heavy atom. The van der Waals surface area contributed by atoms with Gasteiger partial charge >= 0.3 is 0 Å². The van der Waals surface area contributed by atoms with E-state index in [-0.39, 0.29) is 0 Å². The van der Waals surface area contributed by atoms with Crippen molar-refractivity contribution in [1.82, 2.24) is 4.90 Å². The maximum atomic E-state index is 10.4. The molecule has 1 aliphatic rings. The topological polar surface area (TPSA) is 32.7 Å². The van der Waals surface area contributed by atoms with Gasteiger partial charge in [-0.25, -0.2) is 0 Å². The molecule has 0 radical (unpaired) electrons. The van der Waals surface area contributed by atoms with Gasteiger partial charge in [-0.1, -0.05) is 38.8 Å². The standard InChI is InChI=1S/C18H29NO2/c1-4-21-17-11-7-8-15(18(17)20)13-19(12-14(2)3)16-9-5-6-10-16/h7-8,11,14,16,20H,4-6,9-10,12-13H2,1-3H3. The van der Waals surface area contributed by atoms with Gasteiger partial charge in [-0.05, 0) is 31.7 Å². The van der Waals surface area contributed by atoms with Crippen LogP contribution in [-0.2, 0) is 6.54 Å². The lowest BCUT2D eigenvalue weighted by atomic mass is 10.1. The van der Waals surface area contributed by atoms with Crippen molar-refractivity contribution in [2.24, 2.45) is 5.92 Å². The number of ether oxygens (including phenoxy) is 1. The minimum Gasteiger partial charge on any atom is -0.504 e. The van der Waals surface area contributed by atoms with Crippen molar-refractivity contribution >= 4 is 0 Å². The van der Waals surface area contributed by atoms with Crippen LogP contribution in [0.1, 0.15) is 52.0 Å². The number of rotatable bonds is 7. The smallest absolute Gasteiger partial charge is 0.162 e. The summed E-state index contributed by atoms with van der Waals surface area (Å²) in [6.45, 7) is 8.94. The van der Waals surface area contributed by atoms with Gasteiger partial charge in [0.05, 0.1) is 6.61 Å². The van der Waals surface area contributed by atoms with E-state index in [1.54, 1.807) is 0 Å². The van der Waals surface area contributed by atoms with Gasteiger partial charge in [0.2, 0.25) is 0 Å². The molecule has 0 aliphatic heterocycles. The molecule has 0 aromatic heterocycles. The Morgan fingerprint density at radius 2 is 2.00 bits per heavy atom. The number of phenols is 1. The number of benzene rings is 1. The summed E-state index contributed by atoms with van der Waals surface area (Å²) in [7, 11) is 0. The first kappa shape index (κ1) is 16.2. The SMILES string of the molecule is CCOc1cccc(CN(CC(C)C)C2CCCC2)c1O. The molecule has 1 aliphatic carbocycles. The van der Waals surface area contributed by atoms with Gasteiger partial charge in [0.15, 0.2) is 11.5 Å². The molecule has 0 saturated heterocycles. The summed E-state index contributed by atoms with van der Waals surface area (Å²) in [4.78, 5) is 2.54. The van der Waals surface area contributed by atoms with Crippen molar-refractivity contribution in [2.75, 3.05) is 13.2 Å². The molecule has 1 N–H and O–H groups in total. The van der Waals surface area contributed by atoms with E-state index in [9.17, 15) is 5.11 Å². The highest BCUT2D eigenvalue weighted by Gasteiger charge is 2.24. The van der Waals surface area contributed by atoms with E-state index in [0.29, 0.717) is 30.1 Å². The van der Waals surface area contributed by atoms with E-state index in [4.69, 9.17) is 4.74 Å². The zero-order chi connectivity index (χ0) is 15.2. The van der Waals surface area contributed by atoms with Gasteiger partial charge in [0, 0.05) is 24.7 Å². The summed E-state index contributed by atoms with van der Waals surface area (Å²) >= 11 is 0. The highest BCUT2D eigenvalue weighted by molar-refractivity contribution is 5.45. The number of nitrogens with zero attached hydrogens (tertiary/aromatic N) is 1. The van der Waals surface area contributed by atoms with Crippen molar-refractivity contribution in [3.05, 3.63) is 23.8 Å². The molecule has 21 heavy (non-hydrogen) atoms. The maximum absolute atomic E-state index is 10.4. The van der Waals surface area contributed by atoms with Crippen molar-refractivity contribution < 1.29 is 9.84 Å². The lowest BCUT2D eigenvalue weighted by Gasteiger charge is -2.30. The highest BCUT2D eigenvalue weighted by Crippen LogP contribution is 2.33. The summed E-state index contributed by atoms with van der Waals surface area (Å²) in [5.74, 6) is 1.56. The van der Waals surface area contributed by atoms with Crippen LogP contribution in [0.4, 0.5) is 0 Å². The first-order valence-corrected chi connectivity index (χ1v) is 8.29. The monoisotopic (exact) mass is 291 g/mol. The molecular weight excluding hydrogens is 262 g/mol. The van der Waals surface area contributed by atoms with Crippen LogP contribution in [0, 0.1) is 5.92 Å². The Morgan fingerprint density at radius 3 is 2.62 bits per heavy atom. The third kappa shape index (κ3) is 4.37. The van der Waals surface area contributed by atoms with Gasteiger partial charge in [-0.3, -0.25) is 4.90 Å². The molecule has 1 aromatic rings. The maximum Gasteiger partial charge on any atom is 0.162 e. The largest absolute Gasteiger partial charge is 0.504 e. The van der Waals surface area contributed by atoms with E-state index in [1.165, 1.54) is 25.7 Å². The molecule has 0 atom stereocenters. The van der Waals surface area contributed by atoms with Crippen LogP contribution in [0.3, 0.4) is 0 Å².